The summed E-state index contributed by atoms with van der Waals surface area (Å²) in [5.41, 5.74) is 1.54. The molecule has 1 aromatic carbocycles. The zero-order chi connectivity index (χ0) is 15.3. The van der Waals surface area contributed by atoms with Crippen molar-refractivity contribution < 1.29 is 14.3 Å². The molecule has 112 valence electrons. The van der Waals surface area contributed by atoms with Crippen LogP contribution in [0.1, 0.15) is 49.5 Å². The van der Waals surface area contributed by atoms with Crippen molar-refractivity contribution in [3.63, 3.8) is 0 Å². The Morgan fingerprint density at radius 3 is 2.15 bits per heavy atom. The van der Waals surface area contributed by atoms with Crippen molar-refractivity contribution in [2.45, 2.75) is 33.6 Å². The van der Waals surface area contributed by atoms with Crippen molar-refractivity contribution in [2.75, 3.05) is 27.3 Å². The van der Waals surface area contributed by atoms with Crippen LogP contribution < -0.4 is 9.47 Å². The first kappa shape index (κ1) is 16.3. The normalized spacial score (nSPS) is 10.6. The predicted molar refractivity (Wildman–Crippen MR) is 80.9 cm³/mol. The fourth-order valence-electron chi connectivity index (χ4n) is 2.38. The molecule has 0 saturated heterocycles. The molecule has 1 aromatic rings. The van der Waals surface area contributed by atoms with Crippen LogP contribution in [-0.4, -0.2) is 38.1 Å². The number of methoxy groups -OCH3 is 2. The quantitative estimate of drug-likeness (QED) is 0.802. The highest BCUT2D eigenvalue weighted by Crippen LogP contribution is 2.38. The maximum Gasteiger partial charge on any atom is 0.257 e. The number of benzene rings is 1. The first-order chi connectivity index (χ1) is 9.51. The molecule has 0 radical (unpaired) electrons. The average molecular weight is 279 g/mol. The van der Waals surface area contributed by atoms with Gasteiger partial charge in [-0.05, 0) is 31.9 Å². The summed E-state index contributed by atoms with van der Waals surface area (Å²) < 4.78 is 10.9. The van der Waals surface area contributed by atoms with Gasteiger partial charge in [0, 0.05) is 18.7 Å². The molecule has 0 aliphatic carbocycles. The van der Waals surface area contributed by atoms with E-state index in [1.54, 1.807) is 25.2 Å². The Balaban J connectivity index is 3.41. The Labute approximate surface area is 121 Å². The molecule has 0 spiro atoms. The molecule has 0 heterocycles. The summed E-state index contributed by atoms with van der Waals surface area (Å²) in [6.07, 6.45) is 0. The molecule has 0 unspecified atom stereocenters. The zero-order valence-corrected chi connectivity index (χ0v) is 13.3. The molecule has 4 nitrogen and oxygen atoms in total. The summed E-state index contributed by atoms with van der Waals surface area (Å²) in [5.74, 6) is 1.59. The molecule has 20 heavy (non-hydrogen) atoms. The third kappa shape index (κ3) is 3.06. The van der Waals surface area contributed by atoms with Gasteiger partial charge in [-0.25, -0.2) is 0 Å². The molecule has 1 rings (SSSR count). The lowest BCUT2D eigenvalue weighted by molar-refractivity contribution is 0.0769. The standard InChI is InChI=1S/C16H25NO3/c1-7-17(8-2)16(18)12-9-10-13(19-5)14(11(3)4)15(12)20-6/h9-11H,7-8H2,1-6H3. The van der Waals surface area contributed by atoms with E-state index in [0.717, 1.165) is 11.3 Å². The zero-order valence-electron chi connectivity index (χ0n) is 13.3. The summed E-state index contributed by atoms with van der Waals surface area (Å²) in [6, 6.07) is 3.62. The Morgan fingerprint density at radius 2 is 1.75 bits per heavy atom. The maximum absolute atomic E-state index is 12.6. The molecule has 0 aliphatic heterocycles. The molecular formula is C16H25NO3. The van der Waals surface area contributed by atoms with Gasteiger partial charge in [-0.3, -0.25) is 4.79 Å². The van der Waals surface area contributed by atoms with Gasteiger partial charge in [0.05, 0.1) is 19.8 Å². The van der Waals surface area contributed by atoms with Crippen molar-refractivity contribution in [1.29, 1.82) is 0 Å². The molecule has 1 amide bonds. The fourth-order valence-corrected chi connectivity index (χ4v) is 2.38. The van der Waals surface area contributed by atoms with Gasteiger partial charge < -0.3 is 14.4 Å². The molecule has 0 bridgehead atoms. The molecule has 0 aromatic heterocycles. The van der Waals surface area contributed by atoms with Crippen LogP contribution in [-0.2, 0) is 0 Å². The molecule has 0 aliphatic rings. The molecule has 0 N–H and O–H groups in total. The second-order valence-electron chi connectivity index (χ2n) is 4.89. The molecule has 0 saturated carbocycles. The van der Waals surface area contributed by atoms with E-state index >= 15 is 0 Å². The summed E-state index contributed by atoms with van der Waals surface area (Å²) in [4.78, 5) is 14.4. The van der Waals surface area contributed by atoms with E-state index in [0.29, 0.717) is 24.4 Å². The summed E-state index contributed by atoms with van der Waals surface area (Å²) >= 11 is 0. The van der Waals surface area contributed by atoms with Gasteiger partial charge in [-0.15, -0.1) is 0 Å². The van der Waals surface area contributed by atoms with Crippen molar-refractivity contribution in [3.05, 3.63) is 23.3 Å². The average Bonchev–Trinajstić information content (AvgIpc) is 2.46. The van der Waals surface area contributed by atoms with Crippen LogP contribution in [0.2, 0.25) is 0 Å². The lowest BCUT2D eigenvalue weighted by atomic mass is 9.97. The largest absolute Gasteiger partial charge is 0.496 e. The Hall–Kier alpha value is -1.71. The van der Waals surface area contributed by atoms with Gasteiger partial charge >= 0.3 is 0 Å². The second-order valence-corrected chi connectivity index (χ2v) is 4.89. The molecule has 4 heteroatoms. The maximum atomic E-state index is 12.6. The minimum atomic E-state index is -0.00333. The van der Waals surface area contributed by atoms with E-state index in [1.807, 2.05) is 19.9 Å². The van der Waals surface area contributed by atoms with Gasteiger partial charge in [0.2, 0.25) is 0 Å². The lowest BCUT2D eigenvalue weighted by Crippen LogP contribution is -2.31. The van der Waals surface area contributed by atoms with Crippen LogP contribution in [0.4, 0.5) is 0 Å². The number of carbonyl (C=O) groups is 1. The fraction of sp³-hybridized carbons (Fsp3) is 0.562. The SMILES string of the molecule is CCN(CC)C(=O)c1ccc(OC)c(C(C)C)c1OC. The highest BCUT2D eigenvalue weighted by Gasteiger charge is 2.23. The van der Waals surface area contributed by atoms with Gasteiger partial charge in [-0.2, -0.15) is 0 Å². The molecule has 0 atom stereocenters. The monoisotopic (exact) mass is 279 g/mol. The van der Waals surface area contributed by atoms with Gasteiger partial charge in [0.15, 0.2) is 0 Å². The number of amides is 1. The van der Waals surface area contributed by atoms with E-state index < -0.39 is 0 Å². The van der Waals surface area contributed by atoms with Crippen LogP contribution in [0.3, 0.4) is 0 Å². The summed E-state index contributed by atoms with van der Waals surface area (Å²) in [5, 5.41) is 0. The highest BCUT2D eigenvalue weighted by molar-refractivity contribution is 5.97. The van der Waals surface area contributed by atoms with Crippen LogP contribution in [0.25, 0.3) is 0 Å². The van der Waals surface area contributed by atoms with Crippen molar-refractivity contribution >= 4 is 5.91 Å². The number of carbonyl (C=O) groups excluding carboxylic acids is 1. The number of ether oxygens (including phenoxy) is 2. The van der Waals surface area contributed by atoms with Crippen molar-refractivity contribution in [3.8, 4) is 11.5 Å². The Kier molecular flexibility index (Phi) is 5.86. The second kappa shape index (κ2) is 7.17. The smallest absolute Gasteiger partial charge is 0.257 e. The van der Waals surface area contributed by atoms with E-state index in [1.165, 1.54) is 0 Å². The first-order valence-electron chi connectivity index (χ1n) is 7.05. The lowest BCUT2D eigenvalue weighted by Gasteiger charge is -2.23. The summed E-state index contributed by atoms with van der Waals surface area (Å²) in [6.45, 7) is 9.43. The van der Waals surface area contributed by atoms with Crippen molar-refractivity contribution in [1.82, 2.24) is 4.90 Å². The third-order valence-corrected chi connectivity index (χ3v) is 3.44. The Bertz CT molecular complexity index is 465. The Morgan fingerprint density at radius 1 is 1.15 bits per heavy atom. The van der Waals surface area contributed by atoms with Crippen LogP contribution in [0.5, 0.6) is 11.5 Å². The minimum absolute atomic E-state index is 0.00333. The van der Waals surface area contributed by atoms with E-state index in [9.17, 15) is 4.79 Å². The highest BCUT2D eigenvalue weighted by atomic mass is 16.5. The summed E-state index contributed by atoms with van der Waals surface area (Å²) in [7, 11) is 3.23. The van der Waals surface area contributed by atoms with E-state index in [2.05, 4.69) is 13.8 Å². The van der Waals surface area contributed by atoms with E-state index in [4.69, 9.17) is 9.47 Å². The van der Waals surface area contributed by atoms with Gasteiger partial charge in [-0.1, -0.05) is 13.8 Å². The van der Waals surface area contributed by atoms with Gasteiger partial charge in [0.25, 0.3) is 5.91 Å². The minimum Gasteiger partial charge on any atom is -0.496 e. The number of rotatable bonds is 6. The number of hydrogen-bond donors (Lipinski definition) is 0. The van der Waals surface area contributed by atoms with Gasteiger partial charge in [0.1, 0.15) is 11.5 Å². The first-order valence-corrected chi connectivity index (χ1v) is 7.05. The molecular weight excluding hydrogens is 254 g/mol. The topological polar surface area (TPSA) is 38.8 Å². The van der Waals surface area contributed by atoms with E-state index in [-0.39, 0.29) is 11.8 Å². The predicted octanol–water partition coefficient (Wildman–Crippen LogP) is 3.31. The van der Waals surface area contributed by atoms with Crippen LogP contribution >= 0.6 is 0 Å². The van der Waals surface area contributed by atoms with Crippen molar-refractivity contribution in [2.24, 2.45) is 0 Å². The molecule has 0 fully saturated rings. The number of nitrogens with zero attached hydrogens (tertiary/aromatic N) is 1. The van der Waals surface area contributed by atoms with Crippen LogP contribution in [0, 0.1) is 0 Å². The van der Waals surface area contributed by atoms with Crippen LogP contribution in [0.15, 0.2) is 12.1 Å². The third-order valence-electron chi connectivity index (χ3n) is 3.44. The number of hydrogen-bond acceptors (Lipinski definition) is 3.